The van der Waals surface area contributed by atoms with Gasteiger partial charge in [-0.3, -0.25) is 0 Å². The van der Waals surface area contributed by atoms with Gasteiger partial charge in [-0.2, -0.15) is 0 Å². The minimum atomic E-state index is 1.32. The molecule has 0 spiro atoms. The topological polar surface area (TPSA) is 15.8 Å². The van der Waals surface area contributed by atoms with Crippen LogP contribution in [0.2, 0.25) is 0 Å². The summed E-state index contributed by atoms with van der Waals surface area (Å²) in [6.45, 7) is 0. The van der Waals surface area contributed by atoms with E-state index in [1.54, 1.807) is 0 Å². The van der Waals surface area contributed by atoms with Gasteiger partial charge in [-0.25, -0.2) is 0 Å². The predicted molar refractivity (Wildman–Crippen MR) is 220 cm³/mol. The highest BCUT2D eigenvalue weighted by atomic mass is 32.1. The molecule has 0 radical (unpaired) electrons. The number of H-pyrrole nitrogens is 1. The quantitative estimate of drug-likeness (QED) is 0.191. The lowest BCUT2D eigenvalue weighted by atomic mass is 9.65. The summed E-state index contributed by atoms with van der Waals surface area (Å²) in [5.74, 6) is 0. The van der Waals surface area contributed by atoms with Crippen molar-refractivity contribution in [3.05, 3.63) is 0 Å². The molecule has 15 heteroatoms. The minimum Gasteiger partial charge on any atom is -0.355 e. The average Bonchev–Trinajstić information content (AvgIpc) is 3.63. The van der Waals surface area contributed by atoms with Crippen LogP contribution in [0.5, 0.6) is 0 Å². The van der Waals surface area contributed by atoms with Crippen LogP contribution >= 0.6 is 22.7 Å². The van der Waals surface area contributed by atoms with Gasteiger partial charge in [0.25, 0.3) is 0 Å². The third-order valence-electron chi connectivity index (χ3n) is 10.6. The monoisotopic (exact) mass is 523 g/mol. The third kappa shape index (κ3) is 2.97. The summed E-state index contributed by atoms with van der Waals surface area (Å²) in [6, 6.07) is 0. The molecule has 0 saturated carbocycles. The third-order valence-corrected chi connectivity index (χ3v) is 13.4. The van der Waals surface area contributed by atoms with E-state index in [2.05, 4.69) is 99.1 Å². The fourth-order valence-corrected chi connectivity index (χ4v) is 10.4. The first-order valence-electron chi connectivity index (χ1n) is 14.1. The number of hydrogen-bond acceptors (Lipinski definition) is 2. The Labute approximate surface area is 248 Å². The van der Waals surface area contributed by atoms with Crippen molar-refractivity contribution >= 4 is 245 Å². The van der Waals surface area contributed by atoms with Crippen molar-refractivity contribution in [2.24, 2.45) is 0 Å². The molecular formula is C24H25B12NS2. The summed E-state index contributed by atoms with van der Waals surface area (Å²) < 4.78 is 5.81. The SMILES string of the molecule is Bc1c(B)c(B)c2c(sc3c(B)c4[nH]c5c(B)c6sc7c(B)c(B)c(B)c(B)c7c6c(B)c5c4c(B)c32)c1B. The van der Waals surface area contributed by atoms with Crippen molar-refractivity contribution in [2.75, 3.05) is 0 Å². The predicted octanol–water partition coefficient (Wildman–Crippen LogP) is -12.8. The molecule has 1 nitrogen and oxygen atoms in total. The molecule has 0 atom stereocenters. The molecule has 0 aliphatic rings. The van der Waals surface area contributed by atoms with E-state index < -0.39 is 0 Å². The molecule has 174 valence electrons. The Balaban J connectivity index is 1.78. The Kier molecular flexibility index (Phi) is 5.45. The molecule has 0 amide bonds. The number of benzene rings is 4. The van der Waals surface area contributed by atoms with Crippen LogP contribution in [0.3, 0.4) is 0 Å². The highest BCUT2D eigenvalue weighted by molar-refractivity contribution is 7.29. The van der Waals surface area contributed by atoms with Gasteiger partial charge >= 0.3 is 0 Å². The van der Waals surface area contributed by atoms with Gasteiger partial charge in [0.1, 0.15) is 94.2 Å². The normalized spacial score (nSPS) is 12.3. The fourth-order valence-electron chi connectivity index (χ4n) is 7.48. The lowest BCUT2D eigenvalue weighted by Crippen LogP contribution is -2.47. The van der Waals surface area contributed by atoms with Crippen LogP contribution in [0.4, 0.5) is 0 Å². The summed E-state index contributed by atoms with van der Waals surface area (Å²) in [5, 5.41) is 8.73. The molecular weight excluding hydrogens is 496 g/mol. The number of aromatic amines is 1. The maximum atomic E-state index is 3.99. The molecule has 0 unspecified atom stereocenters. The second-order valence-electron chi connectivity index (χ2n) is 12.1. The largest absolute Gasteiger partial charge is 0.355 e. The summed E-state index contributed by atoms with van der Waals surface area (Å²) in [4.78, 5) is 3.99. The van der Waals surface area contributed by atoms with Crippen LogP contribution in [0.25, 0.3) is 62.2 Å². The van der Waals surface area contributed by atoms with Gasteiger partial charge < -0.3 is 4.98 Å². The van der Waals surface area contributed by atoms with Crippen LogP contribution in [-0.4, -0.2) is 99.1 Å². The fraction of sp³-hybridized carbons (Fsp3) is 0. The van der Waals surface area contributed by atoms with Gasteiger partial charge in [0.15, 0.2) is 0 Å². The molecule has 3 heterocycles. The smallest absolute Gasteiger partial charge is 0.143 e. The molecule has 3 aromatic heterocycles. The maximum absolute atomic E-state index is 3.99. The van der Waals surface area contributed by atoms with E-state index in [0.717, 1.165) is 0 Å². The standard InChI is InChI=1S/C24H25B12NS2/c25-7-1-2-8(26)4-6-10(28)12(30)14(32)16(34)22(6)39-24(4)18(36)20(2)37-19(1)17(35)23-3(7)5-9(27)11(29)13(31)15(33)21(5)38-23/h37H,25-36H2. The Morgan fingerprint density at radius 3 is 0.923 bits per heavy atom. The molecule has 0 fully saturated rings. The highest BCUT2D eigenvalue weighted by Gasteiger charge is 2.25. The number of aromatic nitrogens is 1. The number of rotatable bonds is 0. The Morgan fingerprint density at radius 2 is 0.564 bits per heavy atom. The van der Waals surface area contributed by atoms with Crippen LogP contribution in [-0.2, 0) is 0 Å². The first kappa shape index (κ1) is 25.8. The van der Waals surface area contributed by atoms with Gasteiger partial charge in [0.2, 0.25) is 0 Å². The first-order valence-corrected chi connectivity index (χ1v) is 15.7. The molecule has 0 bridgehead atoms. The van der Waals surface area contributed by atoms with Gasteiger partial charge in [0.05, 0.1) is 0 Å². The second kappa shape index (κ2) is 8.23. The summed E-state index contributed by atoms with van der Waals surface area (Å²) >= 11 is 3.99. The maximum Gasteiger partial charge on any atom is 0.143 e. The van der Waals surface area contributed by atoms with Crippen molar-refractivity contribution in [3.63, 3.8) is 0 Å². The van der Waals surface area contributed by atoms with Gasteiger partial charge in [-0.05, 0) is 32.5 Å². The minimum absolute atomic E-state index is 1.32. The molecule has 0 saturated heterocycles. The van der Waals surface area contributed by atoms with Crippen molar-refractivity contribution < 1.29 is 0 Å². The Morgan fingerprint density at radius 1 is 0.282 bits per heavy atom. The second-order valence-corrected chi connectivity index (χ2v) is 14.2. The number of fused-ring (bicyclic) bond motifs is 9. The van der Waals surface area contributed by atoms with E-state index in [0.29, 0.717) is 0 Å². The lowest BCUT2D eigenvalue weighted by Gasteiger charge is -2.14. The van der Waals surface area contributed by atoms with E-state index in [-0.39, 0.29) is 0 Å². The molecule has 0 aliphatic carbocycles. The van der Waals surface area contributed by atoms with Gasteiger partial charge in [-0.1, -0.05) is 32.8 Å². The molecule has 1 N–H and O–H groups in total. The number of hydrogen-bond donors (Lipinski definition) is 1. The summed E-state index contributed by atoms with van der Waals surface area (Å²) in [5.41, 5.74) is 19.8. The van der Waals surface area contributed by atoms with Crippen LogP contribution < -0.4 is 65.6 Å². The Bertz CT molecular complexity index is 2150. The zero-order chi connectivity index (χ0) is 28.0. The van der Waals surface area contributed by atoms with Crippen molar-refractivity contribution in [2.45, 2.75) is 0 Å². The highest BCUT2D eigenvalue weighted by Crippen LogP contribution is 2.36. The molecule has 7 aromatic rings. The summed E-state index contributed by atoms with van der Waals surface area (Å²) in [7, 11) is 27.9. The average molecular weight is 521 g/mol. The zero-order valence-electron chi connectivity index (χ0n) is 25.3. The first-order chi connectivity index (χ1) is 18.4. The van der Waals surface area contributed by atoms with Crippen LogP contribution in [0.15, 0.2) is 0 Å². The van der Waals surface area contributed by atoms with Crippen LogP contribution in [0, 0.1) is 0 Å². The number of nitrogens with one attached hydrogen (secondary N) is 1. The zero-order valence-corrected chi connectivity index (χ0v) is 26.9. The molecule has 7 rings (SSSR count). The van der Waals surface area contributed by atoms with Crippen molar-refractivity contribution in [3.8, 4) is 0 Å². The van der Waals surface area contributed by atoms with Gasteiger partial charge in [0, 0.05) is 40.6 Å². The van der Waals surface area contributed by atoms with E-state index in [9.17, 15) is 0 Å². The van der Waals surface area contributed by atoms with E-state index in [1.165, 1.54) is 128 Å². The molecule has 4 aromatic carbocycles. The van der Waals surface area contributed by atoms with Crippen LogP contribution in [0.1, 0.15) is 0 Å². The van der Waals surface area contributed by atoms with Gasteiger partial charge in [-0.15, -0.1) is 44.5 Å². The van der Waals surface area contributed by atoms with E-state index in [4.69, 9.17) is 0 Å². The molecule has 39 heavy (non-hydrogen) atoms. The lowest BCUT2D eigenvalue weighted by molar-refractivity contribution is 1.59. The molecule has 0 aliphatic heterocycles. The van der Waals surface area contributed by atoms with Crippen molar-refractivity contribution in [1.29, 1.82) is 0 Å². The van der Waals surface area contributed by atoms with E-state index >= 15 is 0 Å². The Hall–Kier alpha value is -2.10. The number of thiophene rings is 2. The van der Waals surface area contributed by atoms with E-state index in [1.807, 2.05) is 22.7 Å². The summed E-state index contributed by atoms with van der Waals surface area (Å²) in [6.07, 6.45) is 0. The van der Waals surface area contributed by atoms with Crippen molar-refractivity contribution in [1.82, 2.24) is 4.98 Å².